The van der Waals surface area contributed by atoms with Gasteiger partial charge in [-0.3, -0.25) is 4.79 Å². The number of nitrogens with two attached hydrogens (primary N) is 1. The number of nitrogens with zero attached hydrogens (tertiary/aromatic N) is 1. The Kier molecular flexibility index (Phi) is 3.69. The molecule has 1 fully saturated rings. The van der Waals surface area contributed by atoms with Crippen molar-refractivity contribution in [2.24, 2.45) is 5.73 Å². The quantitative estimate of drug-likeness (QED) is 0.893. The van der Waals surface area contributed by atoms with Crippen LogP contribution >= 0.6 is 11.6 Å². The van der Waals surface area contributed by atoms with Crippen LogP contribution in [0.25, 0.3) is 0 Å². The van der Waals surface area contributed by atoms with Crippen LogP contribution < -0.4 is 5.73 Å². The van der Waals surface area contributed by atoms with E-state index in [1.807, 2.05) is 29.2 Å². The van der Waals surface area contributed by atoms with Crippen LogP contribution in [0.2, 0.25) is 5.02 Å². The van der Waals surface area contributed by atoms with Gasteiger partial charge in [-0.1, -0.05) is 23.7 Å². The third-order valence-electron chi connectivity index (χ3n) is 2.93. The van der Waals surface area contributed by atoms with Gasteiger partial charge in [-0.2, -0.15) is 0 Å². The first kappa shape index (κ1) is 12.4. The molecule has 0 unspecified atom stereocenters. The van der Waals surface area contributed by atoms with Crippen LogP contribution in [-0.2, 0) is 11.3 Å². The average molecular weight is 253 g/mol. The summed E-state index contributed by atoms with van der Waals surface area (Å²) in [6.45, 7) is 2.36. The van der Waals surface area contributed by atoms with Gasteiger partial charge in [-0.05, 0) is 37.5 Å². The van der Waals surface area contributed by atoms with E-state index < -0.39 is 6.04 Å². The first-order valence-electron chi connectivity index (χ1n) is 5.88. The van der Waals surface area contributed by atoms with E-state index in [1.54, 1.807) is 6.92 Å². The van der Waals surface area contributed by atoms with Crippen molar-refractivity contribution in [1.82, 2.24) is 4.90 Å². The molecule has 1 aromatic carbocycles. The van der Waals surface area contributed by atoms with Crippen LogP contribution in [0.1, 0.15) is 25.3 Å². The number of amides is 1. The summed E-state index contributed by atoms with van der Waals surface area (Å²) in [7, 11) is 0. The molecule has 4 heteroatoms. The summed E-state index contributed by atoms with van der Waals surface area (Å²) in [5.41, 5.74) is 6.76. The fourth-order valence-corrected chi connectivity index (χ4v) is 1.95. The minimum Gasteiger partial charge on any atom is -0.334 e. The van der Waals surface area contributed by atoms with Gasteiger partial charge in [0.05, 0.1) is 6.04 Å². The molecule has 1 aliphatic carbocycles. The van der Waals surface area contributed by atoms with Crippen molar-refractivity contribution in [3.8, 4) is 0 Å². The lowest BCUT2D eigenvalue weighted by Crippen LogP contribution is -2.42. The number of benzene rings is 1. The van der Waals surface area contributed by atoms with Gasteiger partial charge in [-0.15, -0.1) is 0 Å². The summed E-state index contributed by atoms with van der Waals surface area (Å²) >= 11 is 5.84. The van der Waals surface area contributed by atoms with Crippen molar-refractivity contribution >= 4 is 17.5 Å². The normalized spacial score (nSPS) is 16.6. The van der Waals surface area contributed by atoms with E-state index in [0.29, 0.717) is 17.6 Å². The Labute approximate surface area is 107 Å². The maximum atomic E-state index is 12.0. The number of rotatable bonds is 4. The third kappa shape index (κ3) is 3.20. The molecular weight excluding hydrogens is 236 g/mol. The van der Waals surface area contributed by atoms with Crippen LogP contribution in [0.15, 0.2) is 24.3 Å². The Morgan fingerprint density at radius 2 is 2.06 bits per heavy atom. The molecule has 1 saturated carbocycles. The van der Waals surface area contributed by atoms with Gasteiger partial charge in [0.2, 0.25) is 5.91 Å². The number of hydrogen-bond donors (Lipinski definition) is 1. The monoisotopic (exact) mass is 252 g/mol. The summed E-state index contributed by atoms with van der Waals surface area (Å²) in [6, 6.07) is 7.54. The molecule has 17 heavy (non-hydrogen) atoms. The van der Waals surface area contributed by atoms with Gasteiger partial charge >= 0.3 is 0 Å². The van der Waals surface area contributed by atoms with E-state index in [1.165, 1.54) is 0 Å². The number of carbonyl (C=O) groups is 1. The molecule has 0 aliphatic heterocycles. The molecule has 1 aliphatic rings. The Bertz CT molecular complexity index is 398. The van der Waals surface area contributed by atoms with Gasteiger partial charge in [0.1, 0.15) is 0 Å². The summed E-state index contributed by atoms with van der Waals surface area (Å²) in [4.78, 5) is 13.9. The Hall–Kier alpha value is -1.06. The fourth-order valence-electron chi connectivity index (χ4n) is 1.82. The zero-order valence-corrected chi connectivity index (χ0v) is 10.7. The maximum absolute atomic E-state index is 12.0. The van der Waals surface area contributed by atoms with Crippen molar-refractivity contribution in [1.29, 1.82) is 0 Å². The minimum absolute atomic E-state index is 0.0300. The lowest BCUT2D eigenvalue weighted by molar-refractivity contribution is -0.133. The molecular formula is C13H17ClN2O. The fraction of sp³-hybridized carbons (Fsp3) is 0.462. The van der Waals surface area contributed by atoms with Gasteiger partial charge in [-0.25, -0.2) is 0 Å². The van der Waals surface area contributed by atoms with Crippen molar-refractivity contribution in [2.45, 2.75) is 38.4 Å². The van der Waals surface area contributed by atoms with Gasteiger partial charge in [0.25, 0.3) is 0 Å². The number of hydrogen-bond acceptors (Lipinski definition) is 2. The summed E-state index contributed by atoms with van der Waals surface area (Å²) in [5, 5.41) is 0.713. The molecule has 0 aromatic heterocycles. The molecule has 1 amide bonds. The van der Waals surface area contributed by atoms with E-state index in [0.717, 1.165) is 18.4 Å². The minimum atomic E-state index is -0.428. The average Bonchev–Trinajstić information content (AvgIpc) is 3.11. The lowest BCUT2D eigenvalue weighted by atomic mass is 10.2. The van der Waals surface area contributed by atoms with E-state index >= 15 is 0 Å². The zero-order valence-electron chi connectivity index (χ0n) is 9.90. The standard InChI is InChI=1S/C13H17ClN2O/c1-9(15)13(17)16(12-6-7-12)8-10-2-4-11(14)5-3-10/h2-5,9,12H,6-8,15H2,1H3/t9-/m1/s1. The van der Waals surface area contributed by atoms with E-state index in [2.05, 4.69) is 0 Å². The molecule has 0 radical (unpaired) electrons. The third-order valence-corrected chi connectivity index (χ3v) is 3.18. The highest BCUT2D eigenvalue weighted by Gasteiger charge is 2.33. The molecule has 2 N–H and O–H groups in total. The molecule has 1 atom stereocenters. The molecule has 92 valence electrons. The van der Waals surface area contributed by atoms with Crippen molar-refractivity contribution < 1.29 is 4.79 Å². The lowest BCUT2D eigenvalue weighted by Gasteiger charge is -2.24. The first-order chi connectivity index (χ1) is 8.08. The number of carbonyl (C=O) groups excluding carboxylic acids is 1. The van der Waals surface area contributed by atoms with Crippen molar-refractivity contribution in [2.75, 3.05) is 0 Å². The van der Waals surface area contributed by atoms with Gasteiger partial charge < -0.3 is 10.6 Å². The van der Waals surface area contributed by atoms with E-state index in [4.69, 9.17) is 17.3 Å². The Morgan fingerprint density at radius 3 is 2.53 bits per heavy atom. The maximum Gasteiger partial charge on any atom is 0.239 e. The molecule has 3 nitrogen and oxygen atoms in total. The smallest absolute Gasteiger partial charge is 0.239 e. The van der Waals surface area contributed by atoms with Crippen molar-refractivity contribution in [3.05, 3.63) is 34.9 Å². The van der Waals surface area contributed by atoms with Gasteiger partial charge in [0, 0.05) is 17.6 Å². The first-order valence-corrected chi connectivity index (χ1v) is 6.26. The zero-order chi connectivity index (χ0) is 12.4. The highest BCUT2D eigenvalue weighted by molar-refractivity contribution is 6.30. The van der Waals surface area contributed by atoms with Crippen LogP contribution in [0.3, 0.4) is 0 Å². The molecule has 0 spiro atoms. The topological polar surface area (TPSA) is 46.3 Å². The molecule has 0 heterocycles. The van der Waals surface area contributed by atoms with Crippen LogP contribution in [0.4, 0.5) is 0 Å². The largest absolute Gasteiger partial charge is 0.334 e. The SMILES string of the molecule is C[C@@H](N)C(=O)N(Cc1ccc(Cl)cc1)C1CC1. The predicted octanol–water partition coefficient (Wildman–Crippen LogP) is 2.18. The van der Waals surface area contributed by atoms with E-state index in [-0.39, 0.29) is 5.91 Å². The van der Waals surface area contributed by atoms with Gasteiger partial charge in [0.15, 0.2) is 0 Å². The second-order valence-electron chi connectivity index (χ2n) is 4.61. The van der Waals surface area contributed by atoms with Crippen LogP contribution in [0.5, 0.6) is 0 Å². The highest BCUT2D eigenvalue weighted by Crippen LogP contribution is 2.29. The Morgan fingerprint density at radius 1 is 1.47 bits per heavy atom. The van der Waals surface area contributed by atoms with Crippen LogP contribution in [-0.4, -0.2) is 22.9 Å². The van der Waals surface area contributed by atoms with E-state index in [9.17, 15) is 4.79 Å². The summed E-state index contributed by atoms with van der Waals surface area (Å²) in [5.74, 6) is 0.0300. The van der Waals surface area contributed by atoms with Crippen LogP contribution in [0, 0.1) is 0 Å². The number of halogens is 1. The van der Waals surface area contributed by atoms with Crippen molar-refractivity contribution in [3.63, 3.8) is 0 Å². The Balaban J connectivity index is 2.07. The highest BCUT2D eigenvalue weighted by atomic mass is 35.5. The summed E-state index contributed by atoms with van der Waals surface area (Å²) in [6.07, 6.45) is 2.18. The predicted molar refractivity (Wildman–Crippen MR) is 68.7 cm³/mol. The molecule has 0 bridgehead atoms. The summed E-state index contributed by atoms with van der Waals surface area (Å²) < 4.78 is 0. The molecule has 0 saturated heterocycles. The molecule has 1 aromatic rings. The second-order valence-corrected chi connectivity index (χ2v) is 5.05. The molecule has 2 rings (SSSR count). The second kappa shape index (κ2) is 5.07.